The fraction of sp³-hybridized carbons (Fsp3) is 0.250. The summed E-state index contributed by atoms with van der Waals surface area (Å²) in [6.45, 7) is 2.47. The van der Waals surface area contributed by atoms with Crippen LogP contribution in [0.25, 0.3) is 0 Å². The molecule has 0 aliphatic heterocycles. The fourth-order valence-electron chi connectivity index (χ4n) is 1.50. The van der Waals surface area contributed by atoms with Crippen molar-refractivity contribution in [2.75, 3.05) is 12.3 Å². The van der Waals surface area contributed by atoms with Crippen LogP contribution in [0.5, 0.6) is 0 Å². The minimum atomic E-state index is -0.109. The summed E-state index contributed by atoms with van der Waals surface area (Å²) in [6, 6.07) is 5.20. The van der Waals surface area contributed by atoms with Gasteiger partial charge in [0.2, 0.25) is 0 Å². The number of nitrogens with two attached hydrogens (primary N) is 1. The summed E-state index contributed by atoms with van der Waals surface area (Å²) in [5.74, 6) is -0.109. The molecule has 0 unspecified atom stereocenters. The molecule has 0 bridgehead atoms. The van der Waals surface area contributed by atoms with E-state index in [0.29, 0.717) is 17.8 Å². The summed E-state index contributed by atoms with van der Waals surface area (Å²) in [4.78, 5) is 16.7. The Bertz CT molecular complexity index is 596. The molecule has 100 valence electrons. The highest BCUT2D eigenvalue weighted by Gasteiger charge is 2.11. The molecule has 19 heavy (non-hydrogen) atoms. The number of hydrogen-bond acceptors (Lipinski definition) is 5. The second-order valence-electron chi connectivity index (χ2n) is 3.88. The third kappa shape index (κ3) is 3.05. The maximum Gasteiger partial charge on any atom is 0.251 e. The molecule has 0 radical (unpaired) electrons. The maximum atomic E-state index is 11.8. The van der Waals surface area contributed by atoms with Crippen molar-refractivity contribution in [3.8, 4) is 0 Å². The van der Waals surface area contributed by atoms with E-state index in [-0.39, 0.29) is 5.91 Å². The minimum Gasteiger partial charge on any atom is -0.398 e. The SMILES string of the molecule is CCNC(=O)c1ccc(N)c(Sc2ncnn2C)c1. The zero-order chi connectivity index (χ0) is 13.8. The number of carbonyl (C=O) groups is 1. The van der Waals surface area contributed by atoms with Crippen LogP contribution in [0.15, 0.2) is 34.6 Å². The Labute approximate surface area is 115 Å². The zero-order valence-corrected chi connectivity index (χ0v) is 11.6. The number of aromatic nitrogens is 3. The first-order valence-corrected chi connectivity index (χ1v) is 6.63. The quantitative estimate of drug-likeness (QED) is 0.823. The highest BCUT2D eigenvalue weighted by Crippen LogP contribution is 2.31. The van der Waals surface area contributed by atoms with E-state index in [1.54, 1.807) is 29.9 Å². The fourth-order valence-corrected chi connectivity index (χ4v) is 2.35. The predicted octanol–water partition coefficient (Wildman–Crippen LogP) is 1.30. The largest absolute Gasteiger partial charge is 0.398 e. The zero-order valence-electron chi connectivity index (χ0n) is 10.8. The van der Waals surface area contributed by atoms with Gasteiger partial charge in [0.25, 0.3) is 5.91 Å². The number of nitrogens with zero attached hydrogens (tertiary/aromatic N) is 3. The van der Waals surface area contributed by atoms with Gasteiger partial charge in [0.05, 0.1) is 0 Å². The van der Waals surface area contributed by atoms with Crippen molar-refractivity contribution in [1.82, 2.24) is 20.1 Å². The average molecular weight is 277 g/mol. The van der Waals surface area contributed by atoms with E-state index >= 15 is 0 Å². The summed E-state index contributed by atoms with van der Waals surface area (Å²) in [6.07, 6.45) is 1.48. The number of rotatable bonds is 4. The van der Waals surface area contributed by atoms with Crippen molar-refractivity contribution < 1.29 is 4.79 Å². The Kier molecular flexibility index (Phi) is 4.06. The van der Waals surface area contributed by atoms with Gasteiger partial charge < -0.3 is 11.1 Å². The highest BCUT2D eigenvalue weighted by molar-refractivity contribution is 7.99. The molecule has 2 aromatic rings. The molecule has 1 aromatic heterocycles. The molecule has 0 fully saturated rings. The highest BCUT2D eigenvalue weighted by atomic mass is 32.2. The molecule has 0 saturated carbocycles. The van der Waals surface area contributed by atoms with Crippen LogP contribution in [0.4, 0.5) is 5.69 Å². The van der Waals surface area contributed by atoms with Gasteiger partial charge in [-0.15, -0.1) is 0 Å². The summed E-state index contributed by atoms with van der Waals surface area (Å²) >= 11 is 1.38. The van der Waals surface area contributed by atoms with E-state index < -0.39 is 0 Å². The Morgan fingerprint density at radius 1 is 1.53 bits per heavy atom. The van der Waals surface area contributed by atoms with Crippen LogP contribution in [0.1, 0.15) is 17.3 Å². The average Bonchev–Trinajstić information content (AvgIpc) is 2.78. The van der Waals surface area contributed by atoms with Crippen LogP contribution in [-0.2, 0) is 7.05 Å². The Morgan fingerprint density at radius 2 is 2.32 bits per heavy atom. The van der Waals surface area contributed by atoms with Gasteiger partial charge in [-0.2, -0.15) is 5.10 Å². The molecule has 0 atom stereocenters. The Balaban J connectivity index is 2.27. The normalized spacial score (nSPS) is 10.4. The smallest absolute Gasteiger partial charge is 0.251 e. The van der Waals surface area contributed by atoms with Crippen molar-refractivity contribution in [3.63, 3.8) is 0 Å². The Morgan fingerprint density at radius 3 is 2.95 bits per heavy atom. The second kappa shape index (κ2) is 5.75. The lowest BCUT2D eigenvalue weighted by Gasteiger charge is -2.07. The van der Waals surface area contributed by atoms with Crippen LogP contribution in [0.3, 0.4) is 0 Å². The monoisotopic (exact) mass is 277 g/mol. The van der Waals surface area contributed by atoms with Gasteiger partial charge in [-0.05, 0) is 36.9 Å². The molecule has 7 heteroatoms. The standard InChI is InChI=1S/C12H15N5OS/c1-3-14-11(18)8-4-5-9(13)10(6-8)19-12-15-7-16-17(12)2/h4-7H,3,13H2,1-2H3,(H,14,18). The first kappa shape index (κ1) is 13.4. The third-order valence-electron chi connectivity index (χ3n) is 2.48. The van der Waals surface area contributed by atoms with Crippen molar-refractivity contribution in [2.45, 2.75) is 17.0 Å². The van der Waals surface area contributed by atoms with Gasteiger partial charge in [0.1, 0.15) is 6.33 Å². The van der Waals surface area contributed by atoms with Gasteiger partial charge in [-0.1, -0.05) is 0 Å². The number of aryl methyl sites for hydroxylation is 1. The molecular formula is C12H15N5OS. The maximum absolute atomic E-state index is 11.8. The molecule has 0 spiro atoms. The van der Waals surface area contributed by atoms with Gasteiger partial charge in [0.15, 0.2) is 5.16 Å². The van der Waals surface area contributed by atoms with Crippen molar-refractivity contribution in [3.05, 3.63) is 30.1 Å². The van der Waals surface area contributed by atoms with Crippen LogP contribution in [-0.4, -0.2) is 27.2 Å². The molecule has 1 aromatic carbocycles. The second-order valence-corrected chi connectivity index (χ2v) is 4.89. The van der Waals surface area contributed by atoms with E-state index in [1.165, 1.54) is 18.1 Å². The Hall–Kier alpha value is -2.02. The van der Waals surface area contributed by atoms with Gasteiger partial charge in [0, 0.05) is 29.7 Å². The van der Waals surface area contributed by atoms with E-state index in [4.69, 9.17) is 5.73 Å². The van der Waals surface area contributed by atoms with Gasteiger partial charge >= 0.3 is 0 Å². The lowest BCUT2D eigenvalue weighted by molar-refractivity contribution is 0.0955. The van der Waals surface area contributed by atoms with Gasteiger partial charge in [-0.25, -0.2) is 9.67 Å². The molecule has 6 nitrogen and oxygen atoms in total. The van der Waals surface area contributed by atoms with Crippen LogP contribution in [0.2, 0.25) is 0 Å². The molecule has 1 amide bonds. The topological polar surface area (TPSA) is 85.8 Å². The summed E-state index contributed by atoms with van der Waals surface area (Å²) in [5.41, 5.74) is 7.12. The molecule has 0 aliphatic rings. The van der Waals surface area contributed by atoms with Crippen LogP contribution in [0, 0.1) is 0 Å². The summed E-state index contributed by atoms with van der Waals surface area (Å²) in [5, 5.41) is 7.47. The number of nitrogens with one attached hydrogen (secondary N) is 1. The molecular weight excluding hydrogens is 262 g/mol. The predicted molar refractivity (Wildman–Crippen MR) is 74.0 cm³/mol. The van der Waals surface area contributed by atoms with Crippen molar-refractivity contribution >= 4 is 23.4 Å². The number of carbonyl (C=O) groups excluding carboxylic acids is 1. The molecule has 1 heterocycles. The van der Waals surface area contributed by atoms with E-state index in [9.17, 15) is 4.79 Å². The molecule has 0 saturated heterocycles. The molecule has 2 rings (SSSR count). The number of nitrogen functional groups attached to an aromatic ring is 1. The first-order valence-electron chi connectivity index (χ1n) is 5.81. The number of amides is 1. The number of anilines is 1. The van der Waals surface area contributed by atoms with E-state index in [2.05, 4.69) is 15.4 Å². The van der Waals surface area contributed by atoms with Gasteiger partial charge in [-0.3, -0.25) is 4.79 Å². The first-order chi connectivity index (χ1) is 9.11. The number of hydrogen-bond donors (Lipinski definition) is 2. The molecule has 0 aliphatic carbocycles. The third-order valence-corrected chi connectivity index (χ3v) is 3.61. The van der Waals surface area contributed by atoms with Crippen LogP contribution >= 0.6 is 11.8 Å². The lowest BCUT2D eigenvalue weighted by Crippen LogP contribution is -2.22. The van der Waals surface area contributed by atoms with Crippen LogP contribution < -0.4 is 11.1 Å². The number of benzene rings is 1. The molecule has 3 N–H and O–H groups in total. The van der Waals surface area contributed by atoms with E-state index in [0.717, 1.165) is 10.1 Å². The summed E-state index contributed by atoms with van der Waals surface area (Å²) in [7, 11) is 1.80. The minimum absolute atomic E-state index is 0.109. The summed E-state index contributed by atoms with van der Waals surface area (Å²) < 4.78 is 1.66. The lowest BCUT2D eigenvalue weighted by atomic mass is 10.2. The van der Waals surface area contributed by atoms with E-state index in [1.807, 2.05) is 6.92 Å². The van der Waals surface area contributed by atoms with Crippen molar-refractivity contribution in [1.29, 1.82) is 0 Å². The van der Waals surface area contributed by atoms with Crippen molar-refractivity contribution in [2.24, 2.45) is 7.05 Å².